The van der Waals surface area contributed by atoms with Crippen LogP contribution in [0.15, 0.2) is 60.7 Å². The molecule has 3 aromatic carbocycles. The third-order valence-corrected chi connectivity index (χ3v) is 3.68. The Kier molecular flexibility index (Phi) is 4.35. The van der Waals surface area contributed by atoms with Gasteiger partial charge in [0.05, 0.1) is 17.8 Å². The van der Waals surface area contributed by atoms with E-state index in [1.807, 2.05) is 36.4 Å². The van der Waals surface area contributed by atoms with Gasteiger partial charge in [-0.3, -0.25) is 5.32 Å². The van der Waals surface area contributed by atoms with E-state index in [-0.39, 0.29) is 0 Å². The highest BCUT2D eigenvalue weighted by Gasteiger charge is 2.10. The summed E-state index contributed by atoms with van der Waals surface area (Å²) in [4.78, 5) is 12.1. The molecule has 0 saturated heterocycles. The number of carbonyl (C=O) groups excluding carboxylic acids is 1. The van der Waals surface area contributed by atoms with E-state index in [2.05, 4.69) is 5.32 Å². The lowest BCUT2D eigenvalue weighted by atomic mass is 10.1. The number of anilines is 1. The van der Waals surface area contributed by atoms with Gasteiger partial charge in [-0.1, -0.05) is 48.0 Å². The van der Waals surface area contributed by atoms with Crippen LogP contribution in [0.4, 0.5) is 10.5 Å². The molecular weight excluding hydrogens is 314 g/mol. The van der Waals surface area contributed by atoms with E-state index in [9.17, 15) is 4.79 Å². The number of amides is 1. The van der Waals surface area contributed by atoms with Crippen LogP contribution in [0.3, 0.4) is 0 Å². The number of ether oxygens (including phenoxy) is 2. The summed E-state index contributed by atoms with van der Waals surface area (Å²) in [6, 6.07) is 18.2. The van der Waals surface area contributed by atoms with Crippen LogP contribution in [0.25, 0.3) is 10.8 Å². The monoisotopic (exact) mass is 327 g/mol. The van der Waals surface area contributed by atoms with Gasteiger partial charge in [0.25, 0.3) is 0 Å². The zero-order valence-corrected chi connectivity index (χ0v) is 13.1. The van der Waals surface area contributed by atoms with Crippen LogP contribution in [0, 0.1) is 0 Å². The first-order chi connectivity index (χ1) is 11.2. The minimum atomic E-state index is -0.603. The number of hydrogen-bond acceptors (Lipinski definition) is 3. The van der Waals surface area contributed by atoms with Crippen molar-refractivity contribution in [1.82, 2.24) is 0 Å². The molecule has 0 heterocycles. The summed E-state index contributed by atoms with van der Waals surface area (Å²) in [5.41, 5.74) is 0.456. The van der Waals surface area contributed by atoms with E-state index in [1.54, 1.807) is 31.4 Å². The fourth-order valence-electron chi connectivity index (χ4n) is 2.24. The second-order valence-electron chi connectivity index (χ2n) is 4.84. The van der Waals surface area contributed by atoms with Crippen molar-refractivity contribution in [1.29, 1.82) is 0 Å². The molecule has 0 aliphatic rings. The zero-order chi connectivity index (χ0) is 16.2. The highest BCUT2D eigenvalue weighted by atomic mass is 35.5. The van der Waals surface area contributed by atoms with Crippen LogP contribution >= 0.6 is 11.6 Å². The fourth-order valence-corrected chi connectivity index (χ4v) is 2.46. The molecule has 0 bridgehead atoms. The van der Waals surface area contributed by atoms with Crippen molar-refractivity contribution in [2.24, 2.45) is 0 Å². The van der Waals surface area contributed by atoms with E-state index in [0.717, 1.165) is 10.8 Å². The van der Waals surface area contributed by atoms with Gasteiger partial charge in [-0.2, -0.15) is 0 Å². The molecule has 0 aliphatic carbocycles. The summed E-state index contributed by atoms with van der Waals surface area (Å²) in [6.45, 7) is 0. The molecule has 0 spiro atoms. The third kappa shape index (κ3) is 3.38. The van der Waals surface area contributed by atoms with Crippen molar-refractivity contribution in [2.45, 2.75) is 0 Å². The second kappa shape index (κ2) is 6.58. The Hall–Kier alpha value is -2.72. The summed E-state index contributed by atoms with van der Waals surface area (Å²) >= 11 is 6.10. The minimum absolute atomic E-state index is 0.374. The Bertz CT molecular complexity index is 859. The maximum absolute atomic E-state index is 12.1. The largest absolute Gasteiger partial charge is 0.497 e. The smallest absolute Gasteiger partial charge is 0.417 e. The van der Waals surface area contributed by atoms with Gasteiger partial charge in [-0.25, -0.2) is 4.79 Å². The Balaban J connectivity index is 1.79. The topological polar surface area (TPSA) is 47.6 Å². The molecule has 1 amide bonds. The lowest BCUT2D eigenvalue weighted by Gasteiger charge is -2.10. The van der Waals surface area contributed by atoms with Gasteiger partial charge < -0.3 is 9.47 Å². The molecule has 3 rings (SSSR count). The lowest BCUT2D eigenvalue weighted by Crippen LogP contribution is -2.17. The summed E-state index contributed by atoms with van der Waals surface area (Å²) < 4.78 is 10.5. The van der Waals surface area contributed by atoms with Crippen LogP contribution in [0.1, 0.15) is 0 Å². The predicted octanol–water partition coefficient (Wildman–Crippen LogP) is 5.11. The first kappa shape index (κ1) is 15.2. The molecule has 0 radical (unpaired) electrons. The maximum Gasteiger partial charge on any atom is 0.417 e. The molecule has 0 saturated carbocycles. The molecule has 0 aliphatic heterocycles. The number of carbonyl (C=O) groups is 1. The fraction of sp³-hybridized carbons (Fsp3) is 0.0556. The van der Waals surface area contributed by atoms with Crippen LogP contribution < -0.4 is 14.8 Å². The molecule has 116 valence electrons. The van der Waals surface area contributed by atoms with Gasteiger partial charge in [0.2, 0.25) is 0 Å². The highest BCUT2D eigenvalue weighted by molar-refractivity contribution is 6.33. The van der Waals surface area contributed by atoms with Gasteiger partial charge in [0.15, 0.2) is 0 Å². The quantitative estimate of drug-likeness (QED) is 0.727. The lowest BCUT2D eigenvalue weighted by molar-refractivity contribution is 0.215. The molecule has 5 heteroatoms. The standard InChI is InChI=1S/C18H14ClNO3/c1-22-13-9-10-16(15(19)11-13)20-18(21)23-17-8-4-6-12-5-2-3-7-14(12)17/h2-11H,1H3,(H,20,21). The van der Waals surface area contributed by atoms with Crippen LogP contribution in [-0.4, -0.2) is 13.2 Å². The summed E-state index contributed by atoms with van der Waals surface area (Å²) in [5.74, 6) is 1.10. The van der Waals surface area contributed by atoms with Gasteiger partial charge in [0, 0.05) is 11.5 Å². The van der Waals surface area contributed by atoms with Gasteiger partial charge in [-0.05, 0) is 23.6 Å². The molecule has 0 aromatic heterocycles. The second-order valence-corrected chi connectivity index (χ2v) is 5.24. The van der Waals surface area contributed by atoms with Crippen molar-refractivity contribution in [3.63, 3.8) is 0 Å². The number of fused-ring (bicyclic) bond motifs is 1. The van der Waals surface area contributed by atoms with Crippen molar-refractivity contribution in [3.05, 3.63) is 65.7 Å². The van der Waals surface area contributed by atoms with Crippen molar-refractivity contribution in [3.8, 4) is 11.5 Å². The molecule has 1 N–H and O–H groups in total. The van der Waals surface area contributed by atoms with E-state index >= 15 is 0 Å². The summed E-state index contributed by atoms with van der Waals surface area (Å²) in [6.07, 6.45) is -0.603. The predicted molar refractivity (Wildman–Crippen MR) is 91.6 cm³/mol. The Labute approximate surface area is 138 Å². The first-order valence-electron chi connectivity index (χ1n) is 6.97. The van der Waals surface area contributed by atoms with E-state index in [4.69, 9.17) is 21.1 Å². The van der Waals surface area contributed by atoms with E-state index in [1.165, 1.54) is 0 Å². The van der Waals surface area contributed by atoms with Crippen LogP contribution in [0.5, 0.6) is 11.5 Å². The zero-order valence-electron chi connectivity index (χ0n) is 12.4. The molecule has 3 aromatic rings. The van der Waals surface area contributed by atoms with Gasteiger partial charge in [-0.15, -0.1) is 0 Å². The summed E-state index contributed by atoms with van der Waals surface area (Å²) in [7, 11) is 1.55. The van der Waals surface area contributed by atoms with Crippen molar-refractivity contribution in [2.75, 3.05) is 12.4 Å². The van der Waals surface area contributed by atoms with Crippen LogP contribution in [-0.2, 0) is 0 Å². The number of halogens is 1. The van der Waals surface area contributed by atoms with Crippen molar-refractivity contribution >= 4 is 34.2 Å². The third-order valence-electron chi connectivity index (χ3n) is 3.37. The number of benzene rings is 3. The van der Waals surface area contributed by atoms with E-state index in [0.29, 0.717) is 22.2 Å². The Morgan fingerprint density at radius 1 is 1.04 bits per heavy atom. The molecular formula is C18H14ClNO3. The molecule has 0 unspecified atom stereocenters. The Morgan fingerprint density at radius 2 is 1.83 bits per heavy atom. The number of hydrogen-bond donors (Lipinski definition) is 1. The molecule has 0 fully saturated rings. The van der Waals surface area contributed by atoms with Crippen LogP contribution in [0.2, 0.25) is 5.02 Å². The first-order valence-corrected chi connectivity index (χ1v) is 7.35. The summed E-state index contributed by atoms with van der Waals surface area (Å²) in [5, 5.41) is 4.87. The number of nitrogens with one attached hydrogen (secondary N) is 1. The SMILES string of the molecule is COc1ccc(NC(=O)Oc2cccc3ccccc23)c(Cl)c1. The highest BCUT2D eigenvalue weighted by Crippen LogP contribution is 2.28. The van der Waals surface area contributed by atoms with Gasteiger partial charge >= 0.3 is 6.09 Å². The molecule has 23 heavy (non-hydrogen) atoms. The Morgan fingerprint density at radius 3 is 2.61 bits per heavy atom. The maximum atomic E-state index is 12.1. The minimum Gasteiger partial charge on any atom is -0.497 e. The average Bonchev–Trinajstić information content (AvgIpc) is 2.57. The number of rotatable bonds is 3. The molecule has 4 nitrogen and oxygen atoms in total. The normalized spacial score (nSPS) is 10.3. The van der Waals surface area contributed by atoms with Gasteiger partial charge in [0.1, 0.15) is 11.5 Å². The van der Waals surface area contributed by atoms with E-state index < -0.39 is 6.09 Å². The number of methoxy groups -OCH3 is 1. The average molecular weight is 328 g/mol. The van der Waals surface area contributed by atoms with Crippen molar-refractivity contribution < 1.29 is 14.3 Å². The molecule has 0 atom stereocenters.